The van der Waals surface area contributed by atoms with Crippen molar-refractivity contribution in [1.82, 2.24) is 10.9 Å². The Kier molecular flexibility index (Phi) is 4.91. The number of hydrogen-bond acceptors (Lipinski definition) is 5. The van der Waals surface area contributed by atoms with Crippen LogP contribution in [0.4, 0.5) is 0 Å². The first kappa shape index (κ1) is 17.6. The summed E-state index contributed by atoms with van der Waals surface area (Å²) in [6, 6.07) is 7.42. The zero-order valence-corrected chi connectivity index (χ0v) is 15.3. The van der Waals surface area contributed by atoms with Crippen LogP contribution in [-0.2, 0) is 22.7 Å². The molecule has 1 aromatic carbocycles. The lowest BCUT2D eigenvalue weighted by atomic mass is 9.99. The summed E-state index contributed by atoms with van der Waals surface area (Å²) in [6.07, 6.45) is 5.40. The second-order valence-corrected chi connectivity index (χ2v) is 9.12. The standard InChI is InChI=1S/C17H18N2O4S2/c1-25(22,23)13-8-6-11(7-9-13)16(20)18-19-17(21)15-10-12-4-2-3-5-14(12)24-15/h6-10H,2-5H2,1H3,(H,18,20)(H,19,21). The van der Waals surface area contributed by atoms with Crippen LogP contribution in [0.15, 0.2) is 35.2 Å². The second-order valence-electron chi connectivity index (χ2n) is 5.97. The van der Waals surface area contributed by atoms with E-state index < -0.39 is 15.7 Å². The molecule has 3 rings (SSSR count). The lowest BCUT2D eigenvalue weighted by Gasteiger charge is -2.08. The van der Waals surface area contributed by atoms with E-state index in [-0.39, 0.29) is 16.4 Å². The van der Waals surface area contributed by atoms with Crippen molar-refractivity contribution in [3.05, 3.63) is 51.2 Å². The summed E-state index contributed by atoms with van der Waals surface area (Å²) < 4.78 is 22.8. The fourth-order valence-electron chi connectivity index (χ4n) is 2.70. The first-order valence-electron chi connectivity index (χ1n) is 7.87. The molecule has 8 heteroatoms. The van der Waals surface area contributed by atoms with E-state index in [2.05, 4.69) is 10.9 Å². The van der Waals surface area contributed by atoms with E-state index in [1.807, 2.05) is 6.07 Å². The number of hydrogen-bond donors (Lipinski definition) is 2. The summed E-state index contributed by atoms with van der Waals surface area (Å²) in [5.74, 6) is -0.852. The molecule has 2 N–H and O–H groups in total. The Morgan fingerprint density at radius 1 is 1.00 bits per heavy atom. The van der Waals surface area contributed by atoms with Crippen LogP contribution in [-0.4, -0.2) is 26.5 Å². The number of thiophene rings is 1. The molecular weight excluding hydrogens is 360 g/mol. The number of benzene rings is 1. The smallest absolute Gasteiger partial charge is 0.267 e. The van der Waals surface area contributed by atoms with E-state index in [0.29, 0.717) is 4.88 Å². The van der Waals surface area contributed by atoms with E-state index in [1.165, 1.54) is 46.0 Å². The van der Waals surface area contributed by atoms with Crippen molar-refractivity contribution in [3.63, 3.8) is 0 Å². The minimum absolute atomic E-state index is 0.136. The molecule has 1 aromatic heterocycles. The molecule has 0 saturated carbocycles. The Labute approximate surface area is 150 Å². The highest BCUT2D eigenvalue weighted by atomic mass is 32.2. The molecule has 0 aliphatic heterocycles. The molecule has 25 heavy (non-hydrogen) atoms. The zero-order chi connectivity index (χ0) is 18.0. The van der Waals surface area contributed by atoms with E-state index in [4.69, 9.17) is 0 Å². The van der Waals surface area contributed by atoms with Crippen LogP contribution < -0.4 is 10.9 Å². The third-order valence-electron chi connectivity index (χ3n) is 4.05. The number of hydrazine groups is 1. The highest BCUT2D eigenvalue weighted by Crippen LogP contribution is 2.29. The Morgan fingerprint density at radius 2 is 1.64 bits per heavy atom. The van der Waals surface area contributed by atoms with Crippen molar-refractivity contribution in [3.8, 4) is 0 Å². The minimum atomic E-state index is -3.31. The van der Waals surface area contributed by atoms with Crippen LogP contribution in [0.2, 0.25) is 0 Å². The predicted molar refractivity (Wildman–Crippen MR) is 95.4 cm³/mol. The Hall–Kier alpha value is -2.19. The number of carbonyl (C=O) groups is 2. The monoisotopic (exact) mass is 378 g/mol. The van der Waals surface area contributed by atoms with Gasteiger partial charge in [-0.15, -0.1) is 11.3 Å². The SMILES string of the molecule is CS(=O)(=O)c1ccc(C(=O)NNC(=O)c2cc3c(s2)CCCC3)cc1. The summed E-state index contributed by atoms with van der Waals surface area (Å²) in [5.41, 5.74) is 6.25. The van der Waals surface area contributed by atoms with Crippen molar-refractivity contribution < 1.29 is 18.0 Å². The molecule has 0 atom stereocenters. The molecule has 2 aromatic rings. The normalized spacial score (nSPS) is 13.8. The van der Waals surface area contributed by atoms with Gasteiger partial charge in [-0.1, -0.05) is 0 Å². The van der Waals surface area contributed by atoms with Gasteiger partial charge in [0.05, 0.1) is 9.77 Å². The average Bonchev–Trinajstić information content (AvgIpc) is 3.03. The molecule has 0 saturated heterocycles. The molecule has 1 aliphatic rings. The molecule has 0 fully saturated rings. The summed E-state index contributed by atoms with van der Waals surface area (Å²) in [7, 11) is -3.31. The van der Waals surface area contributed by atoms with Gasteiger partial charge in [-0.3, -0.25) is 20.4 Å². The molecule has 0 unspecified atom stereocenters. The fourth-order valence-corrected chi connectivity index (χ4v) is 4.48. The largest absolute Gasteiger partial charge is 0.279 e. The van der Waals surface area contributed by atoms with Crippen LogP contribution in [0.3, 0.4) is 0 Å². The highest BCUT2D eigenvalue weighted by molar-refractivity contribution is 7.90. The minimum Gasteiger partial charge on any atom is -0.267 e. The number of fused-ring (bicyclic) bond motifs is 1. The number of aryl methyl sites for hydroxylation is 2. The topological polar surface area (TPSA) is 92.3 Å². The van der Waals surface area contributed by atoms with Gasteiger partial charge >= 0.3 is 0 Å². The molecule has 132 valence electrons. The summed E-state index contributed by atoms with van der Waals surface area (Å²) in [5, 5.41) is 0. The maximum Gasteiger partial charge on any atom is 0.279 e. The second kappa shape index (κ2) is 6.97. The van der Waals surface area contributed by atoms with Gasteiger partial charge in [0.25, 0.3) is 11.8 Å². The van der Waals surface area contributed by atoms with Gasteiger partial charge in [-0.2, -0.15) is 0 Å². The zero-order valence-electron chi connectivity index (χ0n) is 13.7. The summed E-state index contributed by atoms with van der Waals surface area (Å²) >= 11 is 1.47. The summed E-state index contributed by atoms with van der Waals surface area (Å²) in [4.78, 5) is 26.2. The van der Waals surface area contributed by atoms with E-state index >= 15 is 0 Å². The molecule has 2 amide bonds. The van der Waals surface area contributed by atoms with Gasteiger partial charge in [0.2, 0.25) is 0 Å². The van der Waals surface area contributed by atoms with Gasteiger partial charge in [-0.05, 0) is 61.6 Å². The van der Waals surface area contributed by atoms with Crippen molar-refractivity contribution in [1.29, 1.82) is 0 Å². The highest BCUT2D eigenvalue weighted by Gasteiger charge is 2.18. The maximum atomic E-state index is 12.2. The van der Waals surface area contributed by atoms with E-state index in [1.54, 1.807) is 0 Å². The van der Waals surface area contributed by atoms with Crippen molar-refractivity contribution in [2.75, 3.05) is 6.26 Å². The molecular formula is C17H18N2O4S2. The van der Waals surface area contributed by atoms with Crippen LogP contribution in [0, 0.1) is 0 Å². The van der Waals surface area contributed by atoms with Crippen LogP contribution in [0.1, 0.15) is 43.3 Å². The van der Waals surface area contributed by atoms with Crippen LogP contribution in [0.5, 0.6) is 0 Å². The van der Waals surface area contributed by atoms with Crippen LogP contribution in [0.25, 0.3) is 0 Å². The predicted octanol–water partition coefficient (Wildman–Crippen LogP) is 2.11. The van der Waals surface area contributed by atoms with Crippen molar-refractivity contribution in [2.24, 2.45) is 0 Å². The number of carbonyl (C=O) groups excluding carboxylic acids is 2. The fraction of sp³-hybridized carbons (Fsp3) is 0.294. The van der Waals surface area contributed by atoms with E-state index in [9.17, 15) is 18.0 Å². The number of rotatable bonds is 3. The maximum absolute atomic E-state index is 12.2. The van der Waals surface area contributed by atoms with Gasteiger partial charge in [0.1, 0.15) is 0 Å². The van der Waals surface area contributed by atoms with Gasteiger partial charge in [-0.25, -0.2) is 8.42 Å². The van der Waals surface area contributed by atoms with Gasteiger partial charge in [0, 0.05) is 16.7 Å². The molecule has 0 radical (unpaired) electrons. The molecule has 0 spiro atoms. The molecule has 6 nitrogen and oxygen atoms in total. The average molecular weight is 378 g/mol. The third kappa shape index (κ3) is 4.08. The third-order valence-corrected chi connectivity index (χ3v) is 6.42. The van der Waals surface area contributed by atoms with Crippen molar-refractivity contribution >= 4 is 33.0 Å². The summed E-state index contributed by atoms with van der Waals surface area (Å²) in [6.45, 7) is 0. The van der Waals surface area contributed by atoms with Gasteiger partial charge < -0.3 is 0 Å². The Morgan fingerprint density at radius 3 is 2.28 bits per heavy atom. The first-order valence-corrected chi connectivity index (χ1v) is 10.6. The molecule has 1 aliphatic carbocycles. The van der Waals surface area contributed by atoms with Crippen molar-refractivity contribution in [2.45, 2.75) is 30.6 Å². The van der Waals surface area contributed by atoms with E-state index in [0.717, 1.165) is 31.9 Å². The first-order chi connectivity index (χ1) is 11.8. The quantitative estimate of drug-likeness (QED) is 0.800. The molecule has 1 heterocycles. The number of sulfone groups is 1. The lowest BCUT2D eigenvalue weighted by molar-refractivity contribution is 0.0849. The van der Waals surface area contributed by atoms with Gasteiger partial charge in [0.15, 0.2) is 9.84 Å². The van der Waals surface area contributed by atoms with Crippen LogP contribution >= 0.6 is 11.3 Å². The number of amides is 2. The molecule has 0 bridgehead atoms. The lowest BCUT2D eigenvalue weighted by Crippen LogP contribution is -2.41. The Bertz CT molecular complexity index is 891. The number of nitrogens with one attached hydrogen (secondary N) is 2. The Balaban J connectivity index is 1.62.